The van der Waals surface area contributed by atoms with Gasteiger partial charge in [0.1, 0.15) is 5.60 Å². The predicted molar refractivity (Wildman–Crippen MR) is 71.8 cm³/mol. The molecule has 0 aromatic carbocycles. The maximum absolute atomic E-state index is 12.0. The van der Waals surface area contributed by atoms with Crippen molar-refractivity contribution >= 4 is 6.09 Å². The topological polar surface area (TPSA) is 59.4 Å². The predicted octanol–water partition coefficient (Wildman–Crippen LogP) is 1.09. The summed E-state index contributed by atoms with van der Waals surface area (Å²) >= 11 is 0. The Labute approximate surface area is 113 Å². The second kappa shape index (κ2) is 5.61. The monoisotopic (exact) mass is 266 g/mol. The van der Waals surface area contributed by atoms with Crippen molar-refractivity contribution < 1.29 is 9.53 Å². The van der Waals surface area contributed by atoms with Crippen LogP contribution < -0.4 is 5.32 Å². The third-order valence-corrected chi connectivity index (χ3v) is 2.90. The molecule has 1 aliphatic rings. The van der Waals surface area contributed by atoms with Crippen molar-refractivity contribution in [2.45, 2.75) is 39.0 Å². The Balaban J connectivity index is 1.88. The number of amides is 1. The minimum absolute atomic E-state index is 0.232. The lowest BCUT2D eigenvalue weighted by atomic mass is 10.2. The average Bonchev–Trinajstić information content (AvgIpc) is 2.80. The summed E-state index contributed by atoms with van der Waals surface area (Å²) in [6, 6.07) is 0.232. The number of hydrogen-bond acceptors (Lipinski definition) is 4. The van der Waals surface area contributed by atoms with Gasteiger partial charge in [0, 0.05) is 44.6 Å². The van der Waals surface area contributed by atoms with E-state index in [4.69, 9.17) is 4.74 Å². The Bertz CT molecular complexity index is 411. The second-order valence-electron chi connectivity index (χ2n) is 5.84. The number of aromatic nitrogens is 2. The largest absolute Gasteiger partial charge is 0.444 e. The van der Waals surface area contributed by atoms with Crippen LogP contribution in [0.25, 0.3) is 0 Å². The Morgan fingerprint density at radius 2 is 2.32 bits per heavy atom. The SMILES string of the molecule is CC(C)(C)OC(=O)N1CCN[C@H](Cn2ccnc2)C1. The van der Waals surface area contributed by atoms with Gasteiger partial charge < -0.3 is 19.5 Å². The van der Waals surface area contributed by atoms with Crippen molar-refractivity contribution in [1.29, 1.82) is 0 Å². The van der Waals surface area contributed by atoms with E-state index >= 15 is 0 Å². The molecule has 1 fully saturated rings. The number of nitrogens with zero attached hydrogens (tertiary/aromatic N) is 3. The molecule has 1 aromatic rings. The molecular weight excluding hydrogens is 244 g/mol. The molecule has 0 radical (unpaired) electrons. The third-order valence-electron chi connectivity index (χ3n) is 2.90. The minimum Gasteiger partial charge on any atom is -0.444 e. The van der Waals surface area contributed by atoms with Crippen LogP contribution in [-0.2, 0) is 11.3 Å². The lowest BCUT2D eigenvalue weighted by Crippen LogP contribution is -2.54. The molecule has 6 nitrogen and oxygen atoms in total. The van der Waals surface area contributed by atoms with Crippen LogP contribution in [0.15, 0.2) is 18.7 Å². The molecule has 1 atom stereocenters. The summed E-state index contributed by atoms with van der Waals surface area (Å²) in [6.07, 6.45) is 5.24. The van der Waals surface area contributed by atoms with Gasteiger partial charge in [-0.3, -0.25) is 0 Å². The summed E-state index contributed by atoms with van der Waals surface area (Å²) in [5.74, 6) is 0. The fourth-order valence-electron chi connectivity index (χ4n) is 2.09. The van der Waals surface area contributed by atoms with E-state index in [0.717, 1.165) is 13.1 Å². The highest BCUT2D eigenvalue weighted by Gasteiger charge is 2.27. The van der Waals surface area contributed by atoms with E-state index in [1.165, 1.54) is 0 Å². The van der Waals surface area contributed by atoms with Gasteiger partial charge >= 0.3 is 6.09 Å². The molecule has 1 saturated heterocycles. The van der Waals surface area contributed by atoms with E-state index in [1.807, 2.05) is 31.5 Å². The first-order valence-electron chi connectivity index (χ1n) is 6.61. The van der Waals surface area contributed by atoms with Crippen LogP contribution in [0.5, 0.6) is 0 Å². The molecule has 1 amide bonds. The van der Waals surface area contributed by atoms with Gasteiger partial charge in [-0.25, -0.2) is 9.78 Å². The van der Waals surface area contributed by atoms with Crippen LogP contribution in [-0.4, -0.2) is 51.8 Å². The van der Waals surface area contributed by atoms with Crippen LogP contribution in [0.1, 0.15) is 20.8 Å². The molecule has 1 aromatic heterocycles. The van der Waals surface area contributed by atoms with E-state index in [2.05, 4.69) is 10.3 Å². The fraction of sp³-hybridized carbons (Fsp3) is 0.692. The highest BCUT2D eigenvalue weighted by molar-refractivity contribution is 5.68. The number of hydrogen-bond donors (Lipinski definition) is 1. The van der Waals surface area contributed by atoms with Crippen molar-refractivity contribution in [1.82, 2.24) is 19.8 Å². The van der Waals surface area contributed by atoms with Gasteiger partial charge in [-0.2, -0.15) is 0 Å². The minimum atomic E-state index is -0.443. The van der Waals surface area contributed by atoms with Gasteiger partial charge in [-0.05, 0) is 20.8 Å². The quantitative estimate of drug-likeness (QED) is 0.870. The first kappa shape index (κ1) is 13.9. The average molecular weight is 266 g/mol. The van der Waals surface area contributed by atoms with E-state index in [1.54, 1.807) is 17.4 Å². The van der Waals surface area contributed by atoms with Crippen molar-refractivity contribution in [3.8, 4) is 0 Å². The van der Waals surface area contributed by atoms with Crippen LogP contribution in [0.3, 0.4) is 0 Å². The molecule has 0 saturated carbocycles. The smallest absolute Gasteiger partial charge is 0.410 e. The maximum atomic E-state index is 12.0. The van der Waals surface area contributed by atoms with Gasteiger partial charge in [0.2, 0.25) is 0 Å². The first-order chi connectivity index (χ1) is 8.94. The summed E-state index contributed by atoms with van der Waals surface area (Å²) in [6.45, 7) is 8.60. The molecule has 0 unspecified atom stereocenters. The molecule has 0 spiro atoms. The van der Waals surface area contributed by atoms with Crippen molar-refractivity contribution in [2.75, 3.05) is 19.6 Å². The van der Waals surface area contributed by atoms with E-state index in [0.29, 0.717) is 13.1 Å². The fourth-order valence-corrected chi connectivity index (χ4v) is 2.09. The molecule has 0 aliphatic carbocycles. The van der Waals surface area contributed by atoms with Gasteiger partial charge in [0.15, 0.2) is 0 Å². The maximum Gasteiger partial charge on any atom is 0.410 e. The number of carbonyl (C=O) groups excluding carboxylic acids is 1. The van der Waals surface area contributed by atoms with Gasteiger partial charge in [-0.15, -0.1) is 0 Å². The van der Waals surface area contributed by atoms with E-state index in [-0.39, 0.29) is 12.1 Å². The van der Waals surface area contributed by atoms with E-state index in [9.17, 15) is 4.79 Å². The number of nitrogens with one attached hydrogen (secondary N) is 1. The van der Waals surface area contributed by atoms with Gasteiger partial charge in [-0.1, -0.05) is 0 Å². The summed E-state index contributed by atoms with van der Waals surface area (Å²) in [7, 11) is 0. The Morgan fingerprint density at radius 1 is 1.53 bits per heavy atom. The highest BCUT2D eigenvalue weighted by Crippen LogP contribution is 2.11. The molecule has 2 rings (SSSR count). The Hall–Kier alpha value is -1.56. The molecule has 6 heteroatoms. The van der Waals surface area contributed by atoms with Crippen LogP contribution in [0.4, 0.5) is 4.79 Å². The molecular formula is C13H22N4O2. The molecule has 0 bridgehead atoms. The summed E-state index contributed by atoms with van der Waals surface area (Å²) in [4.78, 5) is 17.8. The van der Waals surface area contributed by atoms with E-state index < -0.39 is 5.60 Å². The van der Waals surface area contributed by atoms with Crippen LogP contribution in [0, 0.1) is 0 Å². The van der Waals surface area contributed by atoms with Crippen LogP contribution >= 0.6 is 0 Å². The lowest BCUT2D eigenvalue weighted by molar-refractivity contribution is 0.0189. The zero-order valence-corrected chi connectivity index (χ0v) is 11.8. The molecule has 19 heavy (non-hydrogen) atoms. The zero-order valence-electron chi connectivity index (χ0n) is 11.8. The van der Waals surface area contributed by atoms with Crippen molar-refractivity contribution in [2.24, 2.45) is 0 Å². The Kier molecular flexibility index (Phi) is 4.09. The number of rotatable bonds is 2. The molecule has 2 heterocycles. The summed E-state index contributed by atoms with van der Waals surface area (Å²) in [5, 5.41) is 3.41. The normalized spacial score (nSPS) is 20.4. The number of piperazine rings is 1. The number of carbonyl (C=O) groups is 1. The second-order valence-corrected chi connectivity index (χ2v) is 5.84. The molecule has 1 aliphatic heterocycles. The van der Waals surface area contributed by atoms with Gasteiger partial charge in [0.05, 0.1) is 6.33 Å². The van der Waals surface area contributed by atoms with Crippen LogP contribution in [0.2, 0.25) is 0 Å². The molecule has 106 valence electrons. The lowest BCUT2D eigenvalue weighted by Gasteiger charge is -2.35. The standard InChI is InChI=1S/C13H22N4O2/c1-13(2,3)19-12(18)17-7-5-15-11(9-17)8-16-6-4-14-10-16/h4,6,10-11,15H,5,7-9H2,1-3H3/t11-/m1/s1. The van der Waals surface area contributed by atoms with Crippen molar-refractivity contribution in [3.05, 3.63) is 18.7 Å². The number of imidazole rings is 1. The zero-order chi connectivity index (χ0) is 13.9. The summed E-state index contributed by atoms with van der Waals surface area (Å²) < 4.78 is 7.41. The Morgan fingerprint density at radius 3 is 2.95 bits per heavy atom. The summed E-state index contributed by atoms with van der Waals surface area (Å²) in [5.41, 5.74) is -0.443. The highest BCUT2D eigenvalue weighted by atomic mass is 16.6. The van der Waals surface area contributed by atoms with Crippen molar-refractivity contribution in [3.63, 3.8) is 0 Å². The van der Waals surface area contributed by atoms with Gasteiger partial charge in [0.25, 0.3) is 0 Å². The third kappa shape index (κ3) is 4.24. The molecule has 1 N–H and O–H groups in total. The number of ether oxygens (including phenoxy) is 1. The first-order valence-corrected chi connectivity index (χ1v) is 6.61.